The Hall–Kier alpha value is -3.59. The van der Waals surface area contributed by atoms with Crippen LogP contribution in [-0.2, 0) is 16.1 Å². The van der Waals surface area contributed by atoms with Crippen molar-refractivity contribution >= 4 is 17.3 Å². The second-order valence-electron chi connectivity index (χ2n) is 5.88. The van der Waals surface area contributed by atoms with Gasteiger partial charge in [0.1, 0.15) is 18.4 Å². The predicted molar refractivity (Wildman–Crippen MR) is 98.5 cm³/mol. The van der Waals surface area contributed by atoms with Gasteiger partial charge in [0.05, 0.1) is 11.1 Å². The van der Waals surface area contributed by atoms with E-state index in [0.717, 1.165) is 5.52 Å². The number of nitriles is 1. The van der Waals surface area contributed by atoms with E-state index in [2.05, 4.69) is 6.07 Å². The molecule has 0 aliphatic carbocycles. The van der Waals surface area contributed by atoms with Crippen molar-refractivity contribution < 1.29 is 19.1 Å². The Morgan fingerprint density at radius 3 is 2.63 bits per heavy atom. The molecule has 0 saturated heterocycles. The second-order valence-corrected chi connectivity index (χ2v) is 5.88. The summed E-state index contributed by atoms with van der Waals surface area (Å²) in [5.74, 6) is -0.0102. The number of fused-ring (bicyclic) bond motifs is 1. The number of esters is 1. The molecule has 0 radical (unpaired) electrons. The number of benzene rings is 1. The van der Waals surface area contributed by atoms with Crippen LogP contribution in [0.4, 0.5) is 0 Å². The smallest absolute Gasteiger partial charge is 0.344 e. The minimum atomic E-state index is -0.539. The van der Waals surface area contributed by atoms with Crippen molar-refractivity contribution in [1.29, 1.82) is 5.26 Å². The van der Waals surface area contributed by atoms with Crippen LogP contribution in [0, 0.1) is 11.3 Å². The van der Waals surface area contributed by atoms with E-state index in [1.807, 2.05) is 28.8 Å². The van der Waals surface area contributed by atoms with Crippen LogP contribution >= 0.6 is 0 Å². The Morgan fingerprint density at radius 1 is 1.15 bits per heavy atom. The fraction of sp³-hybridized carbons (Fsp3) is 0.190. The van der Waals surface area contributed by atoms with E-state index in [0.29, 0.717) is 28.9 Å². The van der Waals surface area contributed by atoms with E-state index >= 15 is 0 Å². The zero-order chi connectivity index (χ0) is 19.2. The first-order valence-electron chi connectivity index (χ1n) is 8.52. The van der Waals surface area contributed by atoms with Crippen LogP contribution in [0.1, 0.15) is 34.8 Å². The molecule has 0 saturated carbocycles. The van der Waals surface area contributed by atoms with Gasteiger partial charge in [-0.05, 0) is 36.4 Å². The highest BCUT2D eigenvalue weighted by Gasteiger charge is 2.13. The molecule has 0 N–H and O–H groups in total. The minimum Gasteiger partial charge on any atom is -0.482 e. The average Bonchev–Trinajstić information content (AvgIpc) is 3.08. The van der Waals surface area contributed by atoms with E-state index in [4.69, 9.17) is 9.47 Å². The Balaban J connectivity index is 1.56. The molecule has 1 aromatic carbocycles. The SMILES string of the molecule is CCC(=O)c1ccc(OCC(=O)OCc2cn3ccccc3c2C#N)cc1. The number of hydrogen-bond acceptors (Lipinski definition) is 5. The summed E-state index contributed by atoms with van der Waals surface area (Å²) < 4.78 is 12.4. The lowest BCUT2D eigenvalue weighted by Gasteiger charge is -2.07. The monoisotopic (exact) mass is 362 g/mol. The first kappa shape index (κ1) is 18.2. The summed E-state index contributed by atoms with van der Waals surface area (Å²) in [4.78, 5) is 23.5. The van der Waals surface area contributed by atoms with Gasteiger partial charge < -0.3 is 13.9 Å². The Kier molecular flexibility index (Phi) is 5.53. The summed E-state index contributed by atoms with van der Waals surface area (Å²) in [6.07, 6.45) is 4.04. The van der Waals surface area contributed by atoms with Crippen molar-refractivity contribution in [1.82, 2.24) is 4.40 Å². The number of hydrogen-bond donors (Lipinski definition) is 0. The number of ketones is 1. The van der Waals surface area contributed by atoms with Gasteiger partial charge in [0.15, 0.2) is 12.4 Å². The summed E-state index contributed by atoms with van der Waals surface area (Å²) >= 11 is 0. The van der Waals surface area contributed by atoms with Gasteiger partial charge in [-0.1, -0.05) is 13.0 Å². The van der Waals surface area contributed by atoms with Gasteiger partial charge in [0.25, 0.3) is 0 Å². The van der Waals surface area contributed by atoms with E-state index in [1.165, 1.54) is 0 Å². The van der Waals surface area contributed by atoms with Gasteiger partial charge in [-0.25, -0.2) is 4.79 Å². The molecule has 0 bridgehead atoms. The number of pyridine rings is 1. The molecular formula is C21H18N2O4. The maximum absolute atomic E-state index is 11.9. The van der Waals surface area contributed by atoms with Crippen LogP contribution in [0.25, 0.3) is 5.52 Å². The molecule has 0 spiro atoms. The summed E-state index contributed by atoms with van der Waals surface area (Å²) in [5.41, 5.74) is 2.50. The predicted octanol–water partition coefficient (Wildman–Crippen LogP) is 3.53. The van der Waals surface area contributed by atoms with Crippen LogP contribution in [0.15, 0.2) is 54.9 Å². The standard InChI is InChI=1S/C21H18N2O4/c1-2-20(24)15-6-8-17(9-7-15)26-14-21(25)27-13-16-12-23-10-4-3-5-19(23)18(16)11-22/h3-10,12H,2,13-14H2,1H3. The molecule has 3 aromatic rings. The van der Waals surface area contributed by atoms with Crippen LogP contribution in [0.3, 0.4) is 0 Å². The van der Waals surface area contributed by atoms with Crippen molar-refractivity contribution in [3.8, 4) is 11.8 Å². The first-order chi connectivity index (χ1) is 13.1. The topological polar surface area (TPSA) is 80.8 Å². The van der Waals surface area contributed by atoms with Gasteiger partial charge in [-0.3, -0.25) is 4.79 Å². The molecule has 2 heterocycles. The number of rotatable bonds is 7. The maximum Gasteiger partial charge on any atom is 0.344 e. The molecule has 6 nitrogen and oxygen atoms in total. The highest BCUT2D eigenvalue weighted by Crippen LogP contribution is 2.19. The molecular weight excluding hydrogens is 344 g/mol. The second kappa shape index (κ2) is 8.19. The number of ether oxygens (including phenoxy) is 2. The van der Waals surface area contributed by atoms with Crippen LogP contribution in [-0.4, -0.2) is 22.8 Å². The lowest BCUT2D eigenvalue weighted by Crippen LogP contribution is -2.15. The van der Waals surface area contributed by atoms with Crippen molar-refractivity contribution in [2.45, 2.75) is 20.0 Å². The first-order valence-corrected chi connectivity index (χ1v) is 8.52. The van der Waals surface area contributed by atoms with Gasteiger partial charge >= 0.3 is 5.97 Å². The quantitative estimate of drug-likeness (QED) is 0.474. The average molecular weight is 362 g/mol. The van der Waals surface area contributed by atoms with Gasteiger partial charge in [0, 0.05) is 29.9 Å². The molecule has 0 atom stereocenters. The Labute approximate surface area is 156 Å². The summed E-state index contributed by atoms with van der Waals surface area (Å²) in [7, 11) is 0. The fourth-order valence-corrected chi connectivity index (χ4v) is 2.70. The third-order valence-electron chi connectivity index (χ3n) is 4.12. The molecule has 136 valence electrons. The summed E-state index contributed by atoms with van der Waals surface area (Å²) in [5, 5.41) is 9.35. The zero-order valence-electron chi connectivity index (χ0n) is 14.8. The molecule has 3 rings (SSSR count). The number of Topliss-reactive ketones (excluding diaryl/α,β-unsaturated/α-hetero) is 1. The van der Waals surface area contributed by atoms with E-state index in [-0.39, 0.29) is 19.0 Å². The fourth-order valence-electron chi connectivity index (χ4n) is 2.70. The number of carbonyl (C=O) groups excluding carboxylic acids is 2. The van der Waals surface area contributed by atoms with Crippen molar-refractivity contribution in [2.24, 2.45) is 0 Å². The molecule has 0 aliphatic rings. The molecule has 2 aromatic heterocycles. The number of carbonyl (C=O) groups is 2. The van der Waals surface area contributed by atoms with E-state index in [1.54, 1.807) is 37.4 Å². The van der Waals surface area contributed by atoms with Crippen LogP contribution in [0.2, 0.25) is 0 Å². The Bertz CT molecular complexity index is 1010. The number of aromatic nitrogens is 1. The molecule has 27 heavy (non-hydrogen) atoms. The largest absolute Gasteiger partial charge is 0.482 e. The molecule has 6 heteroatoms. The minimum absolute atomic E-state index is 0.00327. The highest BCUT2D eigenvalue weighted by atomic mass is 16.6. The maximum atomic E-state index is 11.9. The van der Waals surface area contributed by atoms with Gasteiger partial charge in [-0.15, -0.1) is 0 Å². The normalized spacial score (nSPS) is 10.4. The zero-order valence-corrected chi connectivity index (χ0v) is 14.8. The molecule has 0 unspecified atom stereocenters. The van der Waals surface area contributed by atoms with Gasteiger partial charge in [-0.2, -0.15) is 5.26 Å². The highest BCUT2D eigenvalue weighted by molar-refractivity contribution is 5.95. The number of nitrogens with zero attached hydrogens (tertiary/aromatic N) is 2. The Morgan fingerprint density at radius 2 is 1.93 bits per heavy atom. The van der Waals surface area contributed by atoms with Crippen molar-refractivity contribution in [2.75, 3.05) is 6.61 Å². The van der Waals surface area contributed by atoms with Crippen molar-refractivity contribution in [3.05, 3.63) is 71.5 Å². The van der Waals surface area contributed by atoms with Crippen LogP contribution < -0.4 is 4.74 Å². The van der Waals surface area contributed by atoms with E-state index < -0.39 is 5.97 Å². The molecule has 0 amide bonds. The third kappa shape index (κ3) is 4.15. The van der Waals surface area contributed by atoms with Gasteiger partial charge in [0.2, 0.25) is 0 Å². The third-order valence-corrected chi connectivity index (χ3v) is 4.12. The lowest BCUT2D eigenvalue weighted by atomic mass is 10.1. The van der Waals surface area contributed by atoms with E-state index in [9.17, 15) is 14.9 Å². The lowest BCUT2D eigenvalue weighted by molar-refractivity contribution is -0.147. The van der Waals surface area contributed by atoms with Crippen LogP contribution in [0.5, 0.6) is 5.75 Å². The summed E-state index contributed by atoms with van der Waals surface area (Å²) in [6.45, 7) is 1.54. The summed E-state index contributed by atoms with van der Waals surface area (Å²) in [6, 6.07) is 14.3. The molecule has 0 fully saturated rings. The van der Waals surface area contributed by atoms with Crippen molar-refractivity contribution in [3.63, 3.8) is 0 Å². The molecule has 0 aliphatic heterocycles.